The van der Waals surface area contributed by atoms with Gasteiger partial charge in [0, 0.05) is 45.1 Å². The van der Waals surface area contributed by atoms with Crippen molar-refractivity contribution in [1.29, 1.82) is 5.26 Å². The van der Waals surface area contributed by atoms with Crippen molar-refractivity contribution in [2.75, 3.05) is 31.1 Å². The maximum Gasteiger partial charge on any atom is 0.205 e. The van der Waals surface area contributed by atoms with Gasteiger partial charge >= 0.3 is 0 Å². The lowest BCUT2D eigenvalue weighted by molar-refractivity contribution is 0.157. The first kappa shape index (κ1) is 12.9. The number of piperazine rings is 1. The number of hydrogen-bond donors (Lipinski definition) is 0. The third-order valence-corrected chi connectivity index (χ3v) is 3.66. The van der Waals surface area contributed by atoms with Crippen molar-refractivity contribution in [1.82, 2.24) is 14.5 Å². The van der Waals surface area contributed by atoms with E-state index in [1.165, 1.54) is 0 Å². The van der Waals surface area contributed by atoms with E-state index in [4.69, 9.17) is 5.26 Å². The first-order chi connectivity index (χ1) is 8.58. The molecule has 1 aromatic rings. The Bertz CT molecular complexity index is 434. The van der Waals surface area contributed by atoms with Crippen LogP contribution in [0.5, 0.6) is 0 Å². The maximum atomic E-state index is 9.16. The van der Waals surface area contributed by atoms with Crippen molar-refractivity contribution in [2.24, 2.45) is 0 Å². The largest absolute Gasteiger partial charge is 0.340 e. The van der Waals surface area contributed by atoms with Crippen LogP contribution in [0.15, 0.2) is 12.4 Å². The van der Waals surface area contributed by atoms with E-state index < -0.39 is 0 Å². The molecule has 1 aromatic heterocycles. The lowest BCUT2D eigenvalue weighted by Crippen LogP contribution is -2.54. The molecule has 0 bridgehead atoms. The minimum atomic E-state index is -0.369. The first-order valence-electron chi connectivity index (χ1n) is 6.51. The molecule has 0 amide bonds. The van der Waals surface area contributed by atoms with Gasteiger partial charge in [0.1, 0.15) is 5.54 Å². The van der Waals surface area contributed by atoms with Crippen LogP contribution in [-0.4, -0.2) is 46.2 Å². The number of aryl methyl sites for hydroxylation is 1. The van der Waals surface area contributed by atoms with Crippen LogP contribution in [-0.2, 0) is 6.54 Å². The fourth-order valence-corrected chi connectivity index (χ4v) is 2.37. The summed E-state index contributed by atoms with van der Waals surface area (Å²) in [5.41, 5.74) is -0.369. The van der Waals surface area contributed by atoms with E-state index in [0.717, 1.165) is 38.7 Å². The predicted octanol–water partition coefficient (Wildman–Crippen LogP) is 1.33. The number of nitrogens with zero attached hydrogens (tertiary/aromatic N) is 5. The van der Waals surface area contributed by atoms with Crippen LogP contribution in [0.3, 0.4) is 0 Å². The molecule has 0 radical (unpaired) electrons. The second-order valence-electron chi connectivity index (χ2n) is 5.16. The molecular weight excluding hydrogens is 226 g/mol. The molecule has 1 aliphatic heterocycles. The zero-order chi connectivity index (χ0) is 13.2. The van der Waals surface area contributed by atoms with E-state index in [9.17, 15) is 0 Å². The van der Waals surface area contributed by atoms with Crippen molar-refractivity contribution in [2.45, 2.75) is 32.9 Å². The number of rotatable bonds is 3. The van der Waals surface area contributed by atoms with E-state index >= 15 is 0 Å². The van der Waals surface area contributed by atoms with Crippen LogP contribution < -0.4 is 4.90 Å². The highest BCUT2D eigenvalue weighted by molar-refractivity contribution is 5.32. The molecule has 5 nitrogen and oxygen atoms in total. The molecule has 2 heterocycles. The van der Waals surface area contributed by atoms with E-state index in [1.807, 2.05) is 26.2 Å². The Hall–Kier alpha value is -1.54. The van der Waals surface area contributed by atoms with Gasteiger partial charge in [-0.05, 0) is 20.8 Å². The van der Waals surface area contributed by atoms with E-state index in [1.54, 1.807) is 0 Å². The van der Waals surface area contributed by atoms with Crippen LogP contribution in [0.4, 0.5) is 5.95 Å². The van der Waals surface area contributed by atoms with Crippen LogP contribution in [0, 0.1) is 11.3 Å². The molecule has 5 heteroatoms. The summed E-state index contributed by atoms with van der Waals surface area (Å²) in [4.78, 5) is 8.96. The van der Waals surface area contributed by atoms with E-state index in [-0.39, 0.29) is 5.54 Å². The highest BCUT2D eigenvalue weighted by Gasteiger charge is 2.30. The second-order valence-corrected chi connectivity index (χ2v) is 5.16. The summed E-state index contributed by atoms with van der Waals surface area (Å²) >= 11 is 0. The molecule has 1 saturated heterocycles. The molecule has 98 valence electrons. The molecule has 1 aliphatic rings. The Labute approximate surface area is 109 Å². The van der Waals surface area contributed by atoms with Crippen molar-refractivity contribution < 1.29 is 0 Å². The third-order valence-electron chi connectivity index (χ3n) is 3.66. The van der Waals surface area contributed by atoms with Gasteiger partial charge in [-0.3, -0.25) is 4.90 Å². The van der Waals surface area contributed by atoms with Gasteiger partial charge in [0.2, 0.25) is 5.95 Å². The topological polar surface area (TPSA) is 48.1 Å². The second kappa shape index (κ2) is 4.99. The van der Waals surface area contributed by atoms with Gasteiger partial charge in [0.05, 0.1) is 6.07 Å². The smallest absolute Gasteiger partial charge is 0.205 e. The summed E-state index contributed by atoms with van der Waals surface area (Å²) in [6.07, 6.45) is 3.87. The average molecular weight is 247 g/mol. The molecule has 1 fully saturated rings. The molecule has 0 aliphatic carbocycles. The molecular formula is C13H21N5. The summed E-state index contributed by atoms with van der Waals surface area (Å²) in [6, 6.07) is 2.37. The molecule has 2 rings (SSSR count). The van der Waals surface area contributed by atoms with Gasteiger partial charge in [0.25, 0.3) is 0 Å². The van der Waals surface area contributed by atoms with Crippen molar-refractivity contribution >= 4 is 5.95 Å². The van der Waals surface area contributed by atoms with Crippen LogP contribution in [0.1, 0.15) is 20.8 Å². The summed E-state index contributed by atoms with van der Waals surface area (Å²) in [5.74, 6) is 1.05. The van der Waals surface area contributed by atoms with Crippen LogP contribution in [0.25, 0.3) is 0 Å². The monoisotopic (exact) mass is 247 g/mol. The summed E-state index contributed by atoms with van der Waals surface area (Å²) in [6.45, 7) is 10.7. The van der Waals surface area contributed by atoms with Crippen molar-refractivity contribution in [3.63, 3.8) is 0 Å². The van der Waals surface area contributed by atoms with Gasteiger partial charge in [-0.1, -0.05) is 0 Å². The van der Waals surface area contributed by atoms with Gasteiger partial charge in [-0.2, -0.15) is 5.26 Å². The maximum absolute atomic E-state index is 9.16. The minimum Gasteiger partial charge on any atom is -0.340 e. The average Bonchev–Trinajstić information content (AvgIpc) is 2.87. The van der Waals surface area contributed by atoms with Gasteiger partial charge in [-0.25, -0.2) is 4.98 Å². The number of nitriles is 1. The zero-order valence-corrected chi connectivity index (χ0v) is 11.4. The molecule has 0 aromatic carbocycles. The molecule has 0 saturated carbocycles. The summed E-state index contributed by atoms with van der Waals surface area (Å²) < 4.78 is 2.16. The number of hydrogen-bond acceptors (Lipinski definition) is 4. The zero-order valence-electron chi connectivity index (χ0n) is 11.4. The minimum absolute atomic E-state index is 0.369. The van der Waals surface area contributed by atoms with Crippen LogP contribution in [0.2, 0.25) is 0 Å². The SMILES string of the molecule is CCn1ccnc1N1CCN(C(C)(C)C#N)CC1. The first-order valence-corrected chi connectivity index (χ1v) is 6.51. The lowest BCUT2D eigenvalue weighted by Gasteiger charge is -2.40. The Morgan fingerprint density at radius 1 is 1.33 bits per heavy atom. The van der Waals surface area contributed by atoms with Crippen LogP contribution >= 0.6 is 0 Å². The molecule has 0 unspecified atom stereocenters. The molecule has 0 N–H and O–H groups in total. The molecule has 0 spiro atoms. The number of imidazole rings is 1. The Kier molecular flexibility index (Phi) is 3.58. The summed E-state index contributed by atoms with van der Waals surface area (Å²) in [5, 5.41) is 9.16. The lowest BCUT2D eigenvalue weighted by atomic mass is 10.0. The van der Waals surface area contributed by atoms with Gasteiger partial charge in [0.15, 0.2) is 0 Å². The number of aromatic nitrogens is 2. The normalized spacial score (nSPS) is 17.8. The fraction of sp³-hybridized carbons (Fsp3) is 0.692. The highest BCUT2D eigenvalue weighted by atomic mass is 15.4. The predicted molar refractivity (Wildman–Crippen MR) is 71.4 cm³/mol. The molecule has 18 heavy (non-hydrogen) atoms. The van der Waals surface area contributed by atoms with Gasteiger partial charge < -0.3 is 9.47 Å². The molecule has 0 atom stereocenters. The number of anilines is 1. The van der Waals surface area contributed by atoms with Gasteiger partial charge in [-0.15, -0.1) is 0 Å². The highest BCUT2D eigenvalue weighted by Crippen LogP contribution is 2.19. The Morgan fingerprint density at radius 2 is 2.00 bits per heavy atom. The van der Waals surface area contributed by atoms with E-state index in [2.05, 4.69) is 32.3 Å². The Balaban J connectivity index is 2.01. The van der Waals surface area contributed by atoms with Crippen molar-refractivity contribution in [3.8, 4) is 6.07 Å². The summed E-state index contributed by atoms with van der Waals surface area (Å²) in [7, 11) is 0. The quantitative estimate of drug-likeness (QED) is 0.808. The standard InChI is InChI=1S/C13H21N5/c1-4-16-6-5-15-12(16)17-7-9-18(10-8-17)13(2,3)11-14/h5-6H,4,7-10H2,1-3H3. The van der Waals surface area contributed by atoms with E-state index in [0.29, 0.717) is 0 Å². The fourth-order valence-electron chi connectivity index (χ4n) is 2.37. The Morgan fingerprint density at radius 3 is 2.56 bits per heavy atom. The third kappa shape index (κ3) is 2.34. The van der Waals surface area contributed by atoms with Crippen molar-refractivity contribution in [3.05, 3.63) is 12.4 Å².